The summed E-state index contributed by atoms with van der Waals surface area (Å²) in [6, 6.07) is 11.0. The molecular weight excluding hydrogens is 486 g/mol. The molecule has 2 heteroatoms. The minimum absolute atomic E-state index is 0.578. The van der Waals surface area contributed by atoms with Crippen LogP contribution in [0.15, 0.2) is 42.8 Å². The Morgan fingerprint density at radius 1 is 0.900 bits per heavy atom. The highest BCUT2D eigenvalue weighted by Crippen LogP contribution is 2.69. The van der Waals surface area contributed by atoms with Crippen molar-refractivity contribution in [1.29, 1.82) is 0 Å². The molecule has 0 N–H and O–H groups in total. The lowest BCUT2D eigenvalue weighted by molar-refractivity contribution is -0.136. The van der Waals surface area contributed by atoms with Crippen LogP contribution in [-0.4, -0.2) is 24.6 Å². The molecule has 40 heavy (non-hydrogen) atoms. The van der Waals surface area contributed by atoms with E-state index in [2.05, 4.69) is 62.6 Å². The smallest absolute Gasteiger partial charge is 0.181 e. The number of nitrogens with zero attached hydrogens (tertiary/aromatic N) is 1. The Bertz CT molecular complexity index is 980. The van der Waals surface area contributed by atoms with Crippen LogP contribution in [0.1, 0.15) is 116 Å². The second-order valence-corrected chi connectivity index (χ2v) is 15.5. The summed E-state index contributed by atoms with van der Waals surface area (Å²) in [5, 5.41) is 0. The van der Waals surface area contributed by atoms with Crippen molar-refractivity contribution < 1.29 is 4.74 Å². The quantitative estimate of drug-likeness (QED) is 0.226. The fourth-order valence-electron chi connectivity index (χ4n) is 11.5. The highest BCUT2D eigenvalue weighted by Gasteiger charge is 2.60. The average Bonchev–Trinajstić information content (AvgIpc) is 3.31. The molecule has 5 aliphatic rings. The maximum absolute atomic E-state index is 6.28. The Kier molecular flexibility index (Phi) is 8.63. The lowest BCUT2D eigenvalue weighted by atomic mass is 9.42. The first-order valence-corrected chi connectivity index (χ1v) is 17.5. The van der Waals surface area contributed by atoms with E-state index in [1.807, 2.05) is 0 Å². The highest BCUT2D eigenvalue weighted by atomic mass is 16.5. The minimum Gasteiger partial charge on any atom is -0.479 e. The normalized spacial score (nSPS) is 39.7. The Balaban J connectivity index is 0.967. The molecule has 8 atom stereocenters. The Morgan fingerprint density at radius 2 is 1.68 bits per heavy atom. The zero-order valence-corrected chi connectivity index (χ0v) is 26.2. The summed E-state index contributed by atoms with van der Waals surface area (Å²) in [6.07, 6.45) is 21.3. The summed E-state index contributed by atoms with van der Waals surface area (Å²) in [5.41, 5.74) is 2.70. The number of rotatable bonds is 9. The zero-order chi connectivity index (χ0) is 27.7. The van der Waals surface area contributed by atoms with Crippen LogP contribution in [0, 0.1) is 52.3 Å². The second-order valence-electron chi connectivity index (χ2n) is 15.5. The summed E-state index contributed by atoms with van der Waals surface area (Å²) in [5.74, 6) is 7.65. The van der Waals surface area contributed by atoms with Gasteiger partial charge in [-0.05, 0) is 141 Å². The maximum Gasteiger partial charge on any atom is 0.181 e. The van der Waals surface area contributed by atoms with Gasteiger partial charge in [-0.3, -0.25) is 0 Å². The monoisotopic (exact) mass is 545 g/mol. The molecule has 6 rings (SSSR count). The SMILES string of the molecule is C=C(OCCCC1CCC2C3C[C@H](CC)C4CCCCC4(C)[C@H]3CCC12C)N1CCC(Cc2ccccc2)CC1. The molecule has 1 aliphatic heterocycles. The van der Waals surface area contributed by atoms with Gasteiger partial charge >= 0.3 is 0 Å². The first-order valence-electron chi connectivity index (χ1n) is 17.5. The summed E-state index contributed by atoms with van der Waals surface area (Å²) >= 11 is 0. The third-order valence-electron chi connectivity index (χ3n) is 13.8. The second kappa shape index (κ2) is 12.0. The van der Waals surface area contributed by atoms with Crippen LogP contribution in [0.3, 0.4) is 0 Å². The number of hydrogen-bond donors (Lipinski definition) is 0. The first kappa shape index (κ1) is 28.7. The van der Waals surface area contributed by atoms with Crippen molar-refractivity contribution in [3.05, 3.63) is 48.4 Å². The molecule has 2 nitrogen and oxygen atoms in total. The van der Waals surface area contributed by atoms with Crippen molar-refractivity contribution in [3.63, 3.8) is 0 Å². The molecule has 0 amide bonds. The van der Waals surface area contributed by atoms with Crippen LogP contribution in [0.4, 0.5) is 0 Å². The molecule has 4 saturated carbocycles. The van der Waals surface area contributed by atoms with Crippen LogP contribution in [0.5, 0.6) is 0 Å². The highest BCUT2D eigenvalue weighted by molar-refractivity contribution is 5.15. The van der Waals surface area contributed by atoms with Gasteiger partial charge in [0.25, 0.3) is 0 Å². The van der Waals surface area contributed by atoms with Crippen molar-refractivity contribution in [1.82, 2.24) is 4.90 Å². The largest absolute Gasteiger partial charge is 0.479 e. The number of likely N-dealkylation sites (tertiary alicyclic amines) is 1. The lowest BCUT2D eigenvalue weighted by Gasteiger charge is -2.62. The van der Waals surface area contributed by atoms with Crippen LogP contribution >= 0.6 is 0 Å². The average molecular weight is 546 g/mol. The molecule has 4 aliphatic carbocycles. The fourth-order valence-corrected chi connectivity index (χ4v) is 11.5. The van der Waals surface area contributed by atoms with E-state index in [0.29, 0.717) is 10.8 Å². The van der Waals surface area contributed by atoms with E-state index in [9.17, 15) is 0 Å². The van der Waals surface area contributed by atoms with E-state index in [-0.39, 0.29) is 0 Å². The minimum atomic E-state index is 0.578. The van der Waals surface area contributed by atoms with Crippen molar-refractivity contribution in [3.8, 4) is 0 Å². The Morgan fingerprint density at radius 3 is 2.45 bits per heavy atom. The number of piperidine rings is 1. The molecule has 0 radical (unpaired) electrons. The predicted molar refractivity (Wildman–Crippen MR) is 168 cm³/mol. The molecular formula is C38H59NO. The number of hydrogen-bond acceptors (Lipinski definition) is 2. The summed E-state index contributed by atoms with van der Waals surface area (Å²) in [4.78, 5) is 2.40. The molecule has 1 heterocycles. The maximum atomic E-state index is 6.28. The summed E-state index contributed by atoms with van der Waals surface area (Å²) in [7, 11) is 0. The van der Waals surface area contributed by atoms with Gasteiger partial charge in [-0.2, -0.15) is 0 Å². The van der Waals surface area contributed by atoms with Crippen LogP contribution < -0.4 is 0 Å². The van der Waals surface area contributed by atoms with Crippen molar-refractivity contribution in [2.24, 2.45) is 52.3 Å². The molecule has 0 spiro atoms. The van der Waals surface area contributed by atoms with E-state index in [0.717, 1.165) is 67.0 Å². The van der Waals surface area contributed by atoms with Gasteiger partial charge in [0.05, 0.1) is 6.61 Å². The first-order chi connectivity index (χ1) is 19.4. The summed E-state index contributed by atoms with van der Waals surface area (Å²) in [6.45, 7) is 15.4. The van der Waals surface area contributed by atoms with Gasteiger partial charge in [-0.1, -0.05) is 70.4 Å². The van der Waals surface area contributed by atoms with Crippen molar-refractivity contribution in [2.45, 2.75) is 117 Å². The van der Waals surface area contributed by atoms with E-state index in [1.54, 1.807) is 6.42 Å². The van der Waals surface area contributed by atoms with Crippen LogP contribution in [-0.2, 0) is 11.2 Å². The molecule has 6 unspecified atom stereocenters. The van der Waals surface area contributed by atoms with Gasteiger partial charge in [0.2, 0.25) is 0 Å². The van der Waals surface area contributed by atoms with Gasteiger partial charge in [0.15, 0.2) is 5.88 Å². The zero-order valence-electron chi connectivity index (χ0n) is 26.2. The van der Waals surface area contributed by atoms with Gasteiger partial charge in [0, 0.05) is 13.1 Å². The topological polar surface area (TPSA) is 12.5 Å². The summed E-state index contributed by atoms with van der Waals surface area (Å²) < 4.78 is 6.28. The Hall–Kier alpha value is -1.44. The van der Waals surface area contributed by atoms with Crippen molar-refractivity contribution in [2.75, 3.05) is 19.7 Å². The van der Waals surface area contributed by atoms with Gasteiger partial charge < -0.3 is 9.64 Å². The van der Waals surface area contributed by atoms with Crippen LogP contribution in [0.25, 0.3) is 0 Å². The third kappa shape index (κ3) is 5.40. The van der Waals surface area contributed by atoms with Crippen molar-refractivity contribution >= 4 is 0 Å². The third-order valence-corrected chi connectivity index (χ3v) is 13.8. The Labute approximate surface area is 246 Å². The molecule has 1 aromatic carbocycles. The van der Waals surface area contributed by atoms with Gasteiger partial charge in [-0.25, -0.2) is 0 Å². The van der Waals surface area contributed by atoms with E-state index in [4.69, 9.17) is 4.74 Å². The molecule has 1 saturated heterocycles. The lowest BCUT2D eigenvalue weighted by Crippen LogP contribution is -2.55. The standard InChI is InChI=1S/C38H59NO/c1-5-31-27-33-35-17-16-32(37(35,3)22-18-36(33)38(4)21-10-9-15-34(31)38)14-11-25-40-28(2)39-23-19-30(20-24-39)26-29-12-7-6-8-13-29/h6-8,12-13,30-36H,2,5,9-11,14-27H2,1,3-4H3/t31-,32?,33?,34?,35?,36-,37?,38?/m0/s1. The van der Waals surface area contributed by atoms with Gasteiger partial charge in [0.1, 0.15) is 0 Å². The number of fused-ring (bicyclic) bond motifs is 5. The molecule has 222 valence electrons. The number of ether oxygens (including phenoxy) is 1. The molecule has 0 bridgehead atoms. The molecule has 1 aromatic rings. The van der Waals surface area contributed by atoms with Gasteiger partial charge in [-0.15, -0.1) is 0 Å². The van der Waals surface area contributed by atoms with E-state index < -0.39 is 0 Å². The molecule has 5 fully saturated rings. The van der Waals surface area contributed by atoms with E-state index in [1.165, 1.54) is 95.5 Å². The predicted octanol–water partition coefficient (Wildman–Crippen LogP) is 9.89. The number of benzene rings is 1. The fraction of sp³-hybridized carbons (Fsp3) is 0.789. The molecule has 0 aromatic heterocycles. The van der Waals surface area contributed by atoms with E-state index >= 15 is 0 Å². The van der Waals surface area contributed by atoms with Crippen LogP contribution in [0.2, 0.25) is 0 Å².